The third-order valence-electron chi connectivity index (χ3n) is 4.65. The zero-order chi connectivity index (χ0) is 22.4. The van der Waals surface area contributed by atoms with Crippen LogP contribution in [-0.2, 0) is 4.79 Å². The highest BCUT2D eigenvalue weighted by atomic mass is 32.2. The maximum absolute atomic E-state index is 13.0. The van der Waals surface area contributed by atoms with Gasteiger partial charge in [0.05, 0.1) is 18.4 Å². The molecule has 1 heterocycles. The smallest absolute Gasteiger partial charge is 0.258 e. The van der Waals surface area contributed by atoms with Crippen LogP contribution in [0.15, 0.2) is 59.6 Å². The van der Waals surface area contributed by atoms with E-state index in [1.54, 1.807) is 31.4 Å². The van der Waals surface area contributed by atoms with E-state index in [1.165, 1.54) is 11.8 Å². The molecule has 2 N–H and O–H groups in total. The van der Waals surface area contributed by atoms with Gasteiger partial charge in [-0.1, -0.05) is 30.0 Å². The number of nitrogens with one attached hydrogen (secondary N) is 2. The molecule has 3 rings (SSSR count). The molecule has 0 bridgehead atoms. The molecule has 6 nitrogen and oxygen atoms in total. The second kappa shape index (κ2) is 10.1. The van der Waals surface area contributed by atoms with E-state index in [2.05, 4.69) is 15.6 Å². The minimum atomic E-state index is -0.239. The number of pyridine rings is 1. The first-order valence-electron chi connectivity index (χ1n) is 9.79. The molecule has 0 aliphatic rings. The summed E-state index contributed by atoms with van der Waals surface area (Å²) in [4.78, 5) is 30.0. The largest absolute Gasteiger partial charge is 0.497 e. The van der Waals surface area contributed by atoms with Crippen molar-refractivity contribution in [3.63, 3.8) is 0 Å². The Morgan fingerprint density at radius 3 is 2.35 bits per heavy atom. The maximum Gasteiger partial charge on any atom is 0.258 e. The summed E-state index contributed by atoms with van der Waals surface area (Å²) in [6.45, 7) is 5.69. The van der Waals surface area contributed by atoms with E-state index in [1.807, 2.05) is 51.1 Å². The predicted octanol–water partition coefficient (Wildman–Crippen LogP) is 5.00. The maximum atomic E-state index is 13.0. The lowest BCUT2D eigenvalue weighted by Gasteiger charge is -2.14. The van der Waals surface area contributed by atoms with Gasteiger partial charge in [-0.2, -0.15) is 0 Å². The van der Waals surface area contributed by atoms with E-state index >= 15 is 0 Å². The van der Waals surface area contributed by atoms with Crippen LogP contribution in [0.25, 0.3) is 0 Å². The van der Waals surface area contributed by atoms with Gasteiger partial charge >= 0.3 is 0 Å². The fraction of sp³-hybridized carbons (Fsp3) is 0.208. The summed E-state index contributed by atoms with van der Waals surface area (Å²) < 4.78 is 5.12. The average Bonchev–Trinajstić information content (AvgIpc) is 2.74. The van der Waals surface area contributed by atoms with Crippen LogP contribution in [0.3, 0.4) is 0 Å². The second-order valence-corrected chi connectivity index (χ2v) is 8.06. The van der Waals surface area contributed by atoms with Gasteiger partial charge in [0.2, 0.25) is 5.91 Å². The summed E-state index contributed by atoms with van der Waals surface area (Å²) >= 11 is 1.24. The van der Waals surface area contributed by atoms with Crippen molar-refractivity contribution in [3.05, 3.63) is 77.0 Å². The highest BCUT2D eigenvalue weighted by molar-refractivity contribution is 8.00. The van der Waals surface area contributed by atoms with Crippen molar-refractivity contribution in [3.8, 4) is 5.75 Å². The van der Waals surface area contributed by atoms with Crippen LogP contribution >= 0.6 is 11.8 Å². The number of ether oxygens (including phenoxy) is 1. The van der Waals surface area contributed by atoms with Gasteiger partial charge in [-0.3, -0.25) is 9.59 Å². The van der Waals surface area contributed by atoms with Gasteiger partial charge in [0, 0.05) is 17.1 Å². The van der Waals surface area contributed by atoms with Gasteiger partial charge in [0.1, 0.15) is 10.8 Å². The topological polar surface area (TPSA) is 80.3 Å². The van der Waals surface area contributed by atoms with Crippen molar-refractivity contribution in [2.75, 3.05) is 23.5 Å². The van der Waals surface area contributed by atoms with Crippen molar-refractivity contribution in [1.82, 2.24) is 4.98 Å². The molecule has 0 radical (unpaired) electrons. The summed E-state index contributed by atoms with van der Waals surface area (Å²) in [5.41, 5.74) is 4.50. The molecule has 2 amide bonds. The minimum Gasteiger partial charge on any atom is -0.497 e. The molecule has 160 valence electrons. The number of hydrogen-bond acceptors (Lipinski definition) is 5. The third-order valence-corrected chi connectivity index (χ3v) is 5.62. The predicted molar refractivity (Wildman–Crippen MR) is 125 cm³/mol. The SMILES string of the molecule is COc1ccc(NC(=O)CSc2nc(C)cc(C)c2C(=O)Nc2ccccc2C)cc1. The molecular formula is C24H25N3O3S. The number of anilines is 2. The van der Waals surface area contributed by atoms with Crippen molar-refractivity contribution < 1.29 is 14.3 Å². The van der Waals surface area contributed by atoms with Crippen LogP contribution in [-0.4, -0.2) is 29.7 Å². The molecule has 31 heavy (non-hydrogen) atoms. The summed E-state index contributed by atoms with van der Waals surface area (Å²) in [6, 6.07) is 16.6. The summed E-state index contributed by atoms with van der Waals surface area (Å²) in [6.07, 6.45) is 0. The highest BCUT2D eigenvalue weighted by Crippen LogP contribution is 2.26. The number of thioether (sulfide) groups is 1. The number of aryl methyl sites for hydroxylation is 3. The fourth-order valence-electron chi connectivity index (χ4n) is 3.09. The fourth-order valence-corrected chi connectivity index (χ4v) is 4.03. The molecule has 0 atom stereocenters. The van der Waals surface area contributed by atoms with Gasteiger partial charge in [-0.15, -0.1) is 0 Å². The summed E-state index contributed by atoms with van der Waals surface area (Å²) in [5.74, 6) is 0.432. The third kappa shape index (κ3) is 5.86. The number of amides is 2. The second-order valence-electron chi connectivity index (χ2n) is 7.10. The van der Waals surface area contributed by atoms with Crippen LogP contribution in [0.4, 0.5) is 11.4 Å². The summed E-state index contributed by atoms with van der Waals surface area (Å²) in [5, 5.41) is 6.34. The van der Waals surface area contributed by atoms with Crippen LogP contribution < -0.4 is 15.4 Å². The minimum absolute atomic E-state index is 0.132. The Balaban J connectivity index is 1.73. The van der Waals surface area contributed by atoms with Crippen molar-refractivity contribution >= 4 is 35.0 Å². The average molecular weight is 436 g/mol. The molecule has 0 saturated heterocycles. The molecule has 1 aromatic heterocycles. The Kier molecular flexibility index (Phi) is 7.31. The molecule has 3 aromatic rings. The first-order chi connectivity index (χ1) is 14.9. The number of carbonyl (C=O) groups is 2. The quantitative estimate of drug-likeness (QED) is 0.511. The summed E-state index contributed by atoms with van der Waals surface area (Å²) in [7, 11) is 1.59. The zero-order valence-electron chi connectivity index (χ0n) is 18.0. The monoisotopic (exact) mass is 435 g/mol. The van der Waals surface area contributed by atoms with E-state index in [0.717, 1.165) is 28.3 Å². The van der Waals surface area contributed by atoms with Crippen LogP contribution in [0.5, 0.6) is 5.75 Å². The molecular weight excluding hydrogens is 410 g/mol. The Hall–Kier alpha value is -3.32. The van der Waals surface area contributed by atoms with E-state index < -0.39 is 0 Å². The molecule has 0 saturated carbocycles. The molecule has 7 heteroatoms. The standard InChI is InChI=1S/C24H25N3O3S/c1-15-7-5-6-8-20(15)27-23(29)22-16(2)13-17(3)25-24(22)31-14-21(28)26-18-9-11-19(30-4)12-10-18/h5-13H,14H2,1-4H3,(H,26,28)(H,27,29). The number of benzene rings is 2. The molecule has 0 spiro atoms. The normalized spacial score (nSPS) is 10.5. The lowest BCUT2D eigenvalue weighted by Crippen LogP contribution is -2.18. The Bertz CT molecular complexity index is 1100. The van der Waals surface area contributed by atoms with E-state index in [0.29, 0.717) is 16.3 Å². The first-order valence-corrected chi connectivity index (χ1v) is 10.8. The number of para-hydroxylation sites is 1. The first kappa shape index (κ1) is 22.4. The number of methoxy groups -OCH3 is 1. The number of aromatic nitrogens is 1. The number of rotatable bonds is 7. The van der Waals surface area contributed by atoms with Gasteiger partial charge < -0.3 is 15.4 Å². The Morgan fingerprint density at radius 1 is 0.968 bits per heavy atom. The Morgan fingerprint density at radius 2 is 1.68 bits per heavy atom. The Labute approximate surface area is 186 Å². The molecule has 0 unspecified atom stereocenters. The van der Waals surface area contributed by atoms with Crippen LogP contribution in [0.1, 0.15) is 27.2 Å². The molecule has 0 aliphatic carbocycles. The van der Waals surface area contributed by atoms with E-state index in [4.69, 9.17) is 4.74 Å². The van der Waals surface area contributed by atoms with Gasteiger partial charge in [0.25, 0.3) is 5.91 Å². The van der Waals surface area contributed by atoms with Crippen molar-refractivity contribution in [2.45, 2.75) is 25.8 Å². The number of nitrogens with zero attached hydrogens (tertiary/aromatic N) is 1. The van der Waals surface area contributed by atoms with E-state index in [9.17, 15) is 9.59 Å². The van der Waals surface area contributed by atoms with Crippen molar-refractivity contribution in [2.24, 2.45) is 0 Å². The molecule has 0 fully saturated rings. The van der Waals surface area contributed by atoms with Crippen LogP contribution in [0.2, 0.25) is 0 Å². The number of hydrogen-bond donors (Lipinski definition) is 2. The highest BCUT2D eigenvalue weighted by Gasteiger charge is 2.19. The van der Waals surface area contributed by atoms with Crippen LogP contribution in [0, 0.1) is 20.8 Å². The van der Waals surface area contributed by atoms with Gasteiger partial charge in [0.15, 0.2) is 0 Å². The molecule has 0 aliphatic heterocycles. The zero-order valence-corrected chi connectivity index (χ0v) is 18.8. The lowest BCUT2D eigenvalue weighted by molar-refractivity contribution is -0.113. The van der Waals surface area contributed by atoms with Gasteiger partial charge in [-0.05, 0) is 68.3 Å². The van der Waals surface area contributed by atoms with Crippen molar-refractivity contribution in [1.29, 1.82) is 0 Å². The van der Waals surface area contributed by atoms with Gasteiger partial charge in [-0.25, -0.2) is 4.98 Å². The van der Waals surface area contributed by atoms with E-state index in [-0.39, 0.29) is 17.6 Å². The number of carbonyl (C=O) groups excluding carboxylic acids is 2. The molecule has 2 aromatic carbocycles. The lowest BCUT2D eigenvalue weighted by atomic mass is 10.1.